The predicted octanol–water partition coefficient (Wildman–Crippen LogP) is 3.52. The van der Waals surface area contributed by atoms with Gasteiger partial charge in [-0.25, -0.2) is 0 Å². The normalized spacial score (nSPS) is 11.0. The number of aryl methyl sites for hydroxylation is 1. The van der Waals surface area contributed by atoms with Gasteiger partial charge in [0.05, 0.1) is 0 Å². The van der Waals surface area contributed by atoms with Gasteiger partial charge in [-0.1, -0.05) is 22.0 Å². The molecule has 1 heterocycles. The van der Waals surface area contributed by atoms with Crippen molar-refractivity contribution in [3.8, 4) is 11.3 Å². The molecular weight excluding hydrogens is 294 g/mol. The summed E-state index contributed by atoms with van der Waals surface area (Å²) in [5.41, 5.74) is 7.15. The SMILES string of the molecule is Cc1cc(-c2ccc(/C=C/C(N)=O)o2)ccc1Br. The van der Waals surface area contributed by atoms with Gasteiger partial charge in [0, 0.05) is 16.1 Å². The highest BCUT2D eigenvalue weighted by molar-refractivity contribution is 9.10. The number of halogens is 1. The Morgan fingerprint density at radius 3 is 2.78 bits per heavy atom. The highest BCUT2D eigenvalue weighted by Gasteiger charge is 2.04. The maximum absolute atomic E-state index is 10.6. The fourth-order valence-corrected chi connectivity index (χ4v) is 1.81. The Labute approximate surface area is 113 Å². The Morgan fingerprint density at radius 2 is 2.11 bits per heavy atom. The molecule has 0 aliphatic carbocycles. The zero-order chi connectivity index (χ0) is 13.1. The zero-order valence-electron chi connectivity index (χ0n) is 9.81. The standard InChI is InChI=1S/C14H12BrNO2/c1-9-8-10(2-5-12(9)15)13-6-3-11(18-13)4-7-14(16)17/h2-8H,1H3,(H2,16,17)/b7-4+. The number of carbonyl (C=O) groups is 1. The topological polar surface area (TPSA) is 56.2 Å². The summed E-state index contributed by atoms with van der Waals surface area (Å²) in [6.45, 7) is 2.02. The number of nitrogens with two attached hydrogens (primary N) is 1. The minimum Gasteiger partial charge on any atom is -0.457 e. The minimum atomic E-state index is -0.493. The number of rotatable bonds is 3. The van der Waals surface area contributed by atoms with Gasteiger partial charge in [-0.3, -0.25) is 4.79 Å². The molecule has 0 fully saturated rings. The van der Waals surface area contributed by atoms with Gasteiger partial charge in [0.25, 0.3) is 0 Å². The van der Waals surface area contributed by atoms with E-state index in [0.29, 0.717) is 5.76 Å². The van der Waals surface area contributed by atoms with E-state index in [1.807, 2.05) is 31.2 Å². The van der Waals surface area contributed by atoms with Gasteiger partial charge in [0.2, 0.25) is 5.91 Å². The molecule has 0 bridgehead atoms. The lowest BCUT2D eigenvalue weighted by Crippen LogP contribution is -2.04. The summed E-state index contributed by atoms with van der Waals surface area (Å²) in [5, 5.41) is 0. The van der Waals surface area contributed by atoms with Crippen LogP contribution in [-0.4, -0.2) is 5.91 Å². The molecule has 1 aromatic carbocycles. The van der Waals surface area contributed by atoms with Gasteiger partial charge < -0.3 is 10.2 Å². The van der Waals surface area contributed by atoms with Crippen molar-refractivity contribution in [2.75, 3.05) is 0 Å². The van der Waals surface area contributed by atoms with Gasteiger partial charge in [-0.05, 0) is 42.8 Å². The second-order valence-electron chi connectivity index (χ2n) is 3.90. The van der Waals surface area contributed by atoms with Crippen LogP contribution in [0, 0.1) is 6.92 Å². The van der Waals surface area contributed by atoms with Crippen LogP contribution in [0.15, 0.2) is 45.3 Å². The fraction of sp³-hybridized carbons (Fsp3) is 0.0714. The summed E-state index contributed by atoms with van der Waals surface area (Å²) in [7, 11) is 0. The molecule has 1 aromatic heterocycles. The van der Waals surface area contributed by atoms with E-state index < -0.39 is 5.91 Å². The first kappa shape index (κ1) is 12.6. The predicted molar refractivity (Wildman–Crippen MR) is 74.8 cm³/mol. The summed E-state index contributed by atoms with van der Waals surface area (Å²) >= 11 is 3.45. The van der Waals surface area contributed by atoms with E-state index in [-0.39, 0.29) is 0 Å². The van der Waals surface area contributed by atoms with E-state index in [9.17, 15) is 4.79 Å². The summed E-state index contributed by atoms with van der Waals surface area (Å²) in [6, 6.07) is 9.64. The Bertz CT molecular complexity index is 614. The molecule has 0 saturated heterocycles. The molecule has 0 unspecified atom stereocenters. The highest BCUT2D eigenvalue weighted by Crippen LogP contribution is 2.26. The second kappa shape index (κ2) is 5.23. The van der Waals surface area contributed by atoms with Gasteiger partial charge in [0.15, 0.2) is 0 Å². The molecular formula is C14H12BrNO2. The molecule has 2 aromatic rings. The molecule has 2 rings (SSSR count). The maximum Gasteiger partial charge on any atom is 0.241 e. The van der Waals surface area contributed by atoms with Gasteiger partial charge in [-0.15, -0.1) is 0 Å². The van der Waals surface area contributed by atoms with Crippen molar-refractivity contribution in [2.24, 2.45) is 5.73 Å². The van der Waals surface area contributed by atoms with Crippen molar-refractivity contribution in [2.45, 2.75) is 6.92 Å². The third kappa shape index (κ3) is 2.90. The first-order valence-electron chi connectivity index (χ1n) is 5.40. The van der Waals surface area contributed by atoms with Crippen LogP contribution in [0.1, 0.15) is 11.3 Å². The fourth-order valence-electron chi connectivity index (χ4n) is 1.56. The van der Waals surface area contributed by atoms with Crippen LogP contribution >= 0.6 is 15.9 Å². The summed E-state index contributed by atoms with van der Waals surface area (Å²) < 4.78 is 6.67. The number of amides is 1. The lowest BCUT2D eigenvalue weighted by atomic mass is 10.1. The summed E-state index contributed by atoms with van der Waals surface area (Å²) in [6.07, 6.45) is 2.83. The van der Waals surface area contributed by atoms with Crippen LogP contribution in [0.5, 0.6) is 0 Å². The molecule has 4 heteroatoms. The molecule has 18 heavy (non-hydrogen) atoms. The van der Waals surface area contributed by atoms with Crippen LogP contribution in [0.4, 0.5) is 0 Å². The molecule has 92 valence electrons. The highest BCUT2D eigenvalue weighted by atomic mass is 79.9. The van der Waals surface area contributed by atoms with E-state index in [2.05, 4.69) is 15.9 Å². The number of primary amides is 1. The van der Waals surface area contributed by atoms with Crippen molar-refractivity contribution < 1.29 is 9.21 Å². The molecule has 0 spiro atoms. The second-order valence-corrected chi connectivity index (χ2v) is 4.76. The van der Waals surface area contributed by atoms with Crippen LogP contribution in [0.3, 0.4) is 0 Å². The van der Waals surface area contributed by atoms with Crippen molar-refractivity contribution in [3.05, 3.63) is 52.2 Å². The third-order valence-electron chi connectivity index (χ3n) is 2.48. The largest absolute Gasteiger partial charge is 0.457 e. The van der Waals surface area contributed by atoms with Crippen molar-refractivity contribution >= 4 is 27.9 Å². The maximum atomic E-state index is 10.6. The van der Waals surface area contributed by atoms with Crippen molar-refractivity contribution in [3.63, 3.8) is 0 Å². The minimum absolute atomic E-state index is 0.493. The number of carbonyl (C=O) groups excluding carboxylic acids is 1. The summed E-state index contributed by atoms with van der Waals surface area (Å²) in [5.74, 6) is 0.867. The van der Waals surface area contributed by atoms with E-state index in [1.165, 1.54) is 6.08 Å². The Balaban J connectivity index is 2.29. The van der Waals surface area contributed by atoms with E-state index in [4.69, 9.17) is 10.2 Å². The van der Waals surface area contributed by atoms with Crippen LogP contribution in [-0.2, 0) is 4.79 Å². The first-order valence-corrected chi connectivity index (χ1v) is 6.19. The van der Waals surface area contributed by atoms with E-state index >= 15 is 0 Å². The third-order valence-corrected chi connectivity index (χ3v) is 3.37. The Kier molecular flexibility index (Phi) is 3.67. The number of hydrogen-bond acceptors (Lipinski definition) is 2. The molecule has 0 atom stereocenters. The molecule has 1 amide bonds. The average molecular weight is 306 g/mol. The molecule has 0 radical (unpaired) electrons. The number of benzene rings is 1. The van der Waals surface area contributed by atoms with Crippen molar-refractivity contribution in [1.29, 1.82) is 0 Å². The lowest BCUT2D eigenvalue weighted by molar-refractivity contribution is -0.113. The summed E-state index contributed by atoms with van der Waals surface area (Å²) in [4.78, 5) is 10.6. The Morgan fingerprint density at radius 1 is 1.33 bits per heavy atom. The number of hydrogen-bond donors (Lipinski definition) is 1. The lowest BCUT2D eigenvalue weighted by Gasteiger charge is -2.01. The van der Waals surface area contributed by atoms with Gasteiger partial charge in [-0.2, -0.15) is 0 Å². The van der Waals surface area contributed by atoms with Crippen LogP contribution < -0.4 is 5.73 Å². The Hall–Kier alpha value is -1.81. The molecule has 0 aliphatic heterocycles. The first-order chi connectivity index (χ1) is 8.56. The van der Waals surface area contributed by atoms with E-state index in [1.54, 1.807) is 12.1 Å². The molecule has 2 N–H and O–H groups in total. The quantitative estimate of drug-likeness (QED) is 0.882. The van der Waals surface area contributed by atoms with E-state index in [0.717, 1.165) is 21.4 Å². The molecule has 0 saturated carbocycles. The zero-order valence-corrected chi connectivity index (χ0v) is 11.4. The average Bonchev–Trinajstić information content (AvgIpc) is 2.79. The smallest absolute Gasteiger partial charge is 0.241 e. The van der Waals surface area contributed by atoms with Crippen molar-refractivity contribution in [1.82, 2.24) is 0 Å². The molecule has 0 aliphatic rings. The van der Waals surface area contributed by atoms with Crippen LogP contribution in [0.25, 0.3) is 17.4 Å². The van der Waals surface area contributed by atoms with Crippen LogP contribution in [0.2, 0.25) is 0 Å². The van der Waals surface area contributed by atoms with Gasteiger partial charge >= 0.3 is 0 Å². The monoisotopic (exact) mass is 305 g/mol. The van der Waals surface area contributed by atoms with Gasteiger partial charge in [0.1, 0.15) is 11.5 Å². The molecule has 3 nitrogen and oxygen atoms in total. The number of furan rings is 1.